The van der Waals surface area contributed by atoms with Crippen LogP contribution in [0.3, 0.4) is 0 Å². The highest BCUT2D eigenvalue weighted by atomic mass is 35.5. The van der Waals surface area contributed by atoms with Gasteiger partial charge in [-0.1, -0.05) is 29.8 Å². The summed E-state index contributed by atoms with van der Waals surface area (Å²) in [4.78, 5) is 25.5. The maximum absolute atomic E-state index is 12.9. The molecule has 0 saturated heterocycles. The molecule has 1 atom stereocenters. The molecule has 152 valence electrons. The van der Waals surface area contributed by atoms with E-state index in [0.717, 1.165) is 0 Å². The molecule has 0 bridgehead atoms. The third kappa shape index (κ3) is 4.73. The second kappa shape index (κ2) is 10.3. The van der Waals surface area contributed by atoms with Crippen molar-refractivity contribution in [3.05, 3.63) is 57.4 Å². The van der Waals surface area contributed by atoms with E-state index < -0.39 is 17.9 Å². The number of dihydropyridines is 1. The van der Waals surface area contributed by atoms with E-state index in [0.29, 0.717) is 40.7 Å². The topological polar surface area (TPSA) is 102 Å². The van der Waals surface area contributed by atoms with Crippen LogP contribution < -0.4 is 11.1 Å². The fourth-order valence-electron chi connectivity index (χ4n) is 3.14. The Morgan fingerprint density at radius 3 is 2.54 bits per heavy atom. The predicted octanol–water partition coefficient (Wildman–Crippen LogP) is 1.55. The van der Waals surface area contributed by atoms with Gasteiger partial charge in [0.2, 0.25) is 0 Å². The molecule has 0 aliphatic carbocycles. The number of hydrogen-bond donors (Lipinski definition) is 2. The minimum Gasteiger partial charge on any atom is -0.466 e. The highest BCUT2D eigenvalue weighted by Gasteiger charge is 2.39. The normalized spacial score (nSPS) is 16.7. The highest BCUT2D eigenvalue weighted by Crippen LogP contribution is 2.41. The van der Waals surface area contributed by atoms with Crippen LogP contribution in [-0.4, -0.2) is 45.4 Å². The lowest BCUT2D eigenvalue weighted by Crippen LogP contribution is -2.52. The molecule has 1 aliphatic rings. The molecule has 0 aromatic heterocycles. The number of methoxy groups -OCH3 is 1. The summed E-state index contributed by atoms with van der Waals surface area (Å²) < 4.78 is 15.9. The smallest absolute Gasteiger partial charge is 0.336 e. The first kappa shape index (κ1) is 21.9. The molecule has 8 heteroatoms. The van der Waals surface area contributed by atoms with Crippen molar-refractivity contribution in [1.29, 1.82) is 0 Å². The van der Waals surface area contributed by atoms with E-state index in [1.54, 1.807) is 38.1 Å². The van der Waals surface area contributed by atoms with Crippen molar-refractivity contribution in [3.8, 4) is 0 Å². The van der Waals surface area contributed by atoms with Crippen molar-refractivity contribution in [2.45, 2.75) is 19.8 Å². The Morgan fingerprint density at radius 1 is 1.21 bits per heavy atom. The highest BCUT2D eigenvalue weighted by molar-refractivity contribution is 6.31. The van der Waals surface area contributed by atoms with Crippen LogP contribution in [0.25, 0.3) is 0 Å². The van der Waals surface area contributed by atoms with E-state index in [9.17, 15) is 9.59 Å². The first-order chi connectivity index (χ1) is 13.5. The van der Waals surface area contributed by atoms with Crippen LogP contribution in [0.15, 0.2) is 46.8 Å². The average molecular weight is 410 g/mol. The number of benzene rings is 1. The largest absolute Gasteiger partial charge is 0.466 e. The zero-order valence-corrected chi connectivity index (χ0v) is 17.1. The lowest BCUT2D eigenvalue weighted by molar-refractivity contribution is -0.373. The number of allylic oxidation sites excluding steroid dienone is 1. The van der Waals surface area contributed by atoms with Gasteiger partial charge >= 0.3 is 11.9 Å². The number of halogens is 1. The van der Waals surface area contributed by atoms with E-state index in [1.165, 1.54) is 7.11 Å². The van der Waals surface area contributed by atoms with Gasteiger partial charge in [0.15, 0.2) is 0 Å². The SMILES string of the molecule is CCOC(=O)C1=C(COCC[NH3+])NC(C)=C(C(=O)OC)[C@H]1c1ccccc1Cl. The van der Waals surface area contributed by atoms with Gasteiger partial charge in [-0.05, 0) is 25.5 Å². The van der Waals surface area contributed by atoms with Crippen LogP contribution in [0.5, 0.6) is 0 Å². The molecule has 1 aliphatic heterocycles. The Hall–Kier alpha value is -2.35. The van der Waals surface area contributed by atoms with E-state index in [1.807, 2.05) is 0 Å². The second-order valence-electron chi connectivity index (χ2n) is 6.13. The maximum atomic E-state index is 12.9. The molecule has 1 heterocycles. The summed E-state index contributed by atoms with van der Waals surface area (Å²) in [5.74, 6) is -1.82. The van der Waals surface area contributed by atoms with E-state index in [2.05, 4.69) is 11.1 Å². The Morgan fingerprint density at radius 2 is 1.93 bits per heavy atom. The minimum atomic E-state index is -0.736. The number of carbonyl (C=O) groups is 2. The Bertz CT molecular complexity index is 804. The molecule has 0 amide bonds. The Balaban J connectivity index is 2.67. The molecule has 1 aromatic rings. The molecule has 0 saturated carbocycles. The summed E-state index contributed by atoms with van der Waals surface area (Å²) in [5.41, 5.74) is 6.05. The fourth-order valence-corrected chi connectivity index (χ4v) is 3.38. The first-order valence-corrected chi connectivity index (χ1v) is 9.41. The number of hydrogen-bond acceptors (Lipinski definition) is 6. The van der Waals surface area contributed by atoms with Gasteiger partial charge in [-0.2, -0.15) is 0 Å². The summed E-state index contributed by atoms with van der Waals surface area (Å²) in [5, 5.41) is 3.55. The van der Waals surface area contributed by atoms with Gasteiger partial charge in [0.1, 0.15) is 0 Å². The molecule has 1 aromatic carbocycles. The van der Waals surface area contributed by atoms with Crippen molar-refractivity contribution in [2.75, 3.05) is 33.5 Å². The first-order valence-electron chi connectivity index (χ1n) is 9.03. The zero-order chi connectivity index (χ0) is 20.7. The molecule has 28 heavy (non-hydrogen) atoms. The third-order valence-electron chi connectivity index (χ3n) is 4.30. The van der Waals surface area contributed by atoms with Crippen molar-refractivity contribution in [1.82, 2.24) is 5.32 Å². The van der Waals surface area contributed by atoms with Crippen LogP contribution in [-0.2, 0) is 23.8 Å². The van der Waals surface area contributed by atoms with Crippen molar-refractivity contribution in [3.63, 3.8) is 0 Å². The quantitative estimate of drug-likeness (QED) is 0.499. The predicted molar refractivity (Wildman–Crippen MR) is 104 cm³/mol. The van der Waals surface area contributed by atoms with E-state index in [4.69, 9.17) is 25.8 Å². The van der Waals surface area contributed by atoms with Crippen molar-refractivity contribution < 1.29 is 29.5 Å². The van der Waals surface area contributed by atoms with Crippen LogP contribution in [0.4, 0.5) is 0 Å². The Labute approximate surface area is 169 Å². The number of nitrogens with one attached hydrogen (secondary N) is 1. The third-order valence-corrected chi connectivity index (χ3v) is 4.64. The monoisotopic (exact) mass is 409 g/mol. The molecule has 2 rings (SSSR count). The molecular weight excluding hydrogens is 384 g/mol. The van der Waals surface area contributed by atoms with Crippen LogP contribution in [0.1, 0.15) is 25.3 Å². The van der Waals surface area contributed by atoms with E-state index >= 15 is 0 Å². The van der Waals surface area contributed by atoms with Crippen LogP contribution in [0, 0.1) is 0 Å². The lowest BCUT2D eigenvalue weighted by atomic mass is 9.80. The summed E-state index contributed by atoms with van der Waals surface area (Å²) in [6.07, 6.45) is 0. The van der Waals surface area contributed by atoms with Gasteiger partial charge in [-0.25, -0.2) is 9.59 Å². The Kier molecular flexibility index (Phi) is 8.04. The zero-order valence-electron chi connectivity index (χ0n) is 16.3. The number of quaternary nitrogens is 1. The molecule has 0 radical (unpaired) electrons. The van der Waals surface area contributed by atoms with Gasteiger partial charge in [0.05, 0.1) is 56.2 Å². The van der Waals surface area contributed by atoms with Crippen LogP contribution in [0.2, 0.25) is 5.02 Å². The summed E-state index contributed by atoms with van der Waals surface area (Å²) in [6, 6.07) is 7.08. The second-order valence-corrected chi connectivity index (χ2v) is 6.54. The molecule has 0 spiro atoms. The molecule has 4 N–H and O–H groups in total. The number of rotatable bonds is 8. The summed E-state index contributed by atoms with van der Waals surface area (Å²) in [6.45, 7) is 4.85. The van der Waals surface area contributed by atoms with Crippen LogP contribution >= 0.6 is 11.6 Å². The standard InChI is InChI=1S/C20H25ClN2O5/c1-4-28-20(25)18-15(11-27-10-9-22)23-12(2)16(19(24)26-3)17(18)13-7-5-6-8-14(13)21/h5-8,17,23H,4,9-11,22H2,1-3H3/p+1/t17-/m1/s1. The fraction of sp³-hybridized carbons (Fsp3) is 0.400. The van der Waals surface area contributed by atoms with E-state index in [-0.39, 0.29) is 18.8 Å². The number of ether oxygens (including phenoxy) is 3. The van der Waals surface area contributed by atoms with Gasteiger partial charge in [-0.15, -0.1) is 0 Å². The minimum absolute atomic E-state index is 0.149. The van der Waals surface area contributed by atoms with Crippen molar-refractivity contribution in [2.24, 2.45) is 0 Å². The molecule has 0 fully saturated rings. The molecule has 0 unspecified atom stereocenters. The van der Waals surface area contributed by atoms with Gasteiger partial charge in [0.25, 0.3) is 0 Å². The average Bonchev–Trinajstić information content (AvgIpc) is 2.67. The maximum Gasteiger partial charge on any atom is 0.336 e. The van der Waals surface area contributed by atoms with Gasteiger partial charge < -0.3 is 25.3 Å². The van der Waals surface area contributed by atoms with Gasteiger partial charge in [0, 0.05) is 10.7 Å². The molecule has 7 nitrogen and oxygen atoms in total. The number of esters is 2. The lowest BCUT2D eigenvalue weighted by Gasteiger charge is -2.31. The molecular formula is C20H26ClN2O5+. The summed E-state index contributed by atoms with van der Waals surface area (Å²) >= 11 is 6.43. The summed E-state index contributed by atoms with van der Waals surface area (Å²) in [7, 11) is 1.30. The number of carbonyl (C=O) groups excluding carboxylic acids is 2. The van der Waals surface area contributed by atoms with Crippen molar-refractivity contribution >= 4 is 23.5 Å². The van der Waals surface area contributed by atoms with Gasteiger partial charge in [-0.3, -0.25) is 0 Å².